The molecule has 0 aliphatic heterocycles. The molecule has 0 bridgehead atoms. The molecule has 0 atom stereocenters. The van der Waals surface area contributed by atoms with Crippen molar-refractivity contribution in [3.05, 3.63) is 16.1 Å². The molecule has 1 heterocycles. The fourth-order valence-corrected chi connectivity index (χ4v) is 1.94. The van der Waals surface area contributed by atoms with Gasteiger partial charge in [0.25, 0.3) is 0 Å². The van der Waals surface area contributed by atoms with Gasteiger partial charge in [-0.15, -0.1) is 11.3 Å². The molecule has 0 aliphatic rings. The Morgan fingerprint density at radius 2 is 2.38 bits per heavy atom. The number of aliphatic hydroxyl groups is 1. The Kier molecular flexibility index (Phi) is 4.97. The smallest absolute Gasteiger partial charge is 0.0929 e. The van der Waals surface area contributed by atoms with E-state index in [1.54, 1.807) is 18.4 Å². The molecule has 1 aromatic rings. The Hall–Kier alpha value is -0.450. The van der Waals surface area contributed by atoms with Crippen LogP contribution in [0.25, 0.3) is 0 Å². The number of thiazole rings is 1. The summed E-state index contributed by atoms with van der Waals surface area (Å²) < 4.78 is 4.95. The first-order chi connectivity index (χ1) is 6.36. The van der Waals surface area contributed by atoms with E-state index in [-0.39, 0.29) is 6.61 Å². The second-order valence-electron chi connectivity index (χ2n) is 2.80. The van der Waals surface area contributed by atoms with E-state index in [0.29, 0.717) is 6.42 Å². The topological polar surface area (TPSA) is 42.4 Å². The highest BCUT2D eigenvalue weighted by atomic mass is 32.1. The molecule has 0 saturated carbocycles. The van der Waals surface area contributed by atoms with E-state index in [4.69, 9.17) is 9.84 Å². The van der Waals surface area contributed by atoms with Crippen molar-refractivity contribution in [2.45, 2.75) is 19.3 Å². The average molecular weight is 201 g/mol. The SMILES string of the molecule is COCCCc1nc(CCO)cs1. The predicted molar refractivity (Wildman–Crippen MR) is 53.1 cm³/mol. The first-order valence-electron chi connectivity index (χ1n) is 4.40. The van der Waals surface area contributed by atoms with Crippen molar-refractivity contribution in [3.63, 3.8) is 0 Å². The van der Waals surface area contributed by atoms with Crippen LogP contribution in [0.15, 0.2) is 5.38 Å². The standard InChI is InChI=1S/C9H15NO2S/c1-12-6-2-3-9-10-8(4-5-11)7-13-9/h7,11H,2-6H2,1H3. The van der Waals surface area contributed by atoms with Gasteiger partial charge in [0.2, 0.25) is 0 Å². The maximum atomic E-state index is 8.69. The van der Waals surface area contributed by atoms with Crippen molar-refractivity contribution >= 4 is 11.3 Å². The van der Waals surface area contributed by atoms with Gasteiger partial charge in [0.05, 0.1) is 10.7 Å². The van der Waals surface area contributed by atoms with Crippen LogP contribution in [0.4, 0.5) is 0 Å². The number of hydrogen-bond donors (Lipinski definition) is 1. The third-order valence-electron chi connectivity index (χ3n) is 1.71. The number of aryl methyl sites for hydroxylation is 1. The van der Waals surface area contributed by atoms with Crippen LogP contribution in [0.2, 0.25) is 0 Å². The van der Waals surface area contributed by atoms with E-state index in [2.05, 4.69) is 4.98 Å². The molecule has 0 fully saturated rings. The van der Waals surface area contributed by atoms with Crippen LogP contribution in [0, 0.1) is 0 Å². The molecule has 0 saturated heterocycles. The molecular weight excluding hydrogens is 186 g/mol. The van der Waals surface area contributed by atoms with E-state index in [1.807, 2.05) is 5.38 Å². The Labute approximate surface area is 82.4 Å². The van der Waals surface area contributed by atoms with E-state index < -0.39 is 0 Å². The third-order valence-corrected chi connectivity index (χ3v) is 2.66. The van der Waals surface area contributed by atoms with Gasteiger partial charge in [0.1, 0.15) is 0 Å². The minimum atomic E-state index is 0.182. The minimum Gasteiger partial charge on any atom is -0.396 e. The number of aromatic nitrogens is 1. The zero-order valence-corrected chi connectivity index (χ0v) is 8.64. The average Bonchev–Trinajstić information content (AvgIpc) is 2.54. The molecule has 1 rings (SSSR count). The maximum Gasteiger partial charge on any atom is 0.0929 e. The van der Waals surface area contributed by atoms with E-state index in [9.17, 15) is 0 Å². The molecule has 0 aliphatic carbocycles. The number of nitrogens with zero attached hydrogens (tertiary/aromatic N) is 1. The molecule has 13 heavy (non-hydrogen) atoms. The largest absolute Gasteiger partial charge is 0.396 e. The van der Waals surface area contributed by atoms with Gasteiger partial charge in [0.15, 0.2) is 0 Å². The Bertz CT molecular complexity index is 237. The van der Waals surface area contributed by atoms with Gasteiger partial charge in [0, 0.05) is 38.5 Å². The molecular formula is C9H15NO2S. The van der Waals surface area contributed by atoms with Crippen molar-refractivity contribution < 1.29 is 9.84 Å². The molecule has 74 valence electrons. The first-order valence-corrected chi connectivity index (χ1v) is 5.28. The van der Waals surface area contributed by atoms with Crippen LogP contribution in [0.5, 0.6) is 0 Å². The van der Waals surface area contributed by atoms with Gasteiger partial charge >= 0.3 is 0 Å². The summed E-state index contributed by atoms with van der Waals surface area (Å²) in [6.45, 7) is 0.968. The monoisotopic (exact) mass is 201 g/mol. The van der Waals surface area contributed by atoms with Crippen LogP contribution >= 0.6 is 11.3 Å². The minimum absolute atomic E-state index is 0.182. The predicted octanol–water partition coefficient (Wildman–Crippen LogP) is 1.26. The molecule has 1 aromatic heterocycles. The number of methoxy groups -OCH3 is 1. The fraction of sp³-hybridized carbons (Fsp3) is 0.667. The molecule has 1 N–H and O–H groups in total. The van der Waals surface area contributed by atoms with E-state index in [0.717, 1.165) is 30.2 Å². The summed E-state index contributed by atoms with van der Waals surface area (Å²) >= 11 is 1.66. The number of ether oxygens (including phenoxy) is 1. The second-order valence-corrected chi connectivity index (χ2v) is 3.75. The van der Waals surface area contributed by atoms with Gasteiger partial charge in [-0.25, -0.2) is 4.98 Å². The number of hydrogen-bond acceptors (Lipinski definition) is 4. The molecule has 3 nitrogen and oxygen atoms in total. The lowest BCUT2D eigenvalue weighted by molar-refractivity contribution is 0.195. The fourth-order valence-electron chi connectivity index (χ4n) is 1.06. The summed E-state index contributed by atoms with van der Waals surface area (Å²) in [5.74, 6) is 0. The van der Waals surface area contributed by atoms with Gasteiger partial charge in [-0.05, 0) is 6.42 Å². The van der Waals surface area contributed by atoms with Gasteiger partial charge < -0.3 is 9.84 Å². The summed E-state index contributed by atoms with van der Waals surface area (Å²) in [6.07, 6.45) is 2.66. The lowest BCUT2D eigenvalue weighted by Gasteiger charge is -1.95. The molecule has 4 heteroatoms. The Morgan fingerprint density at radius 1 is 1.54 bits per heavy atom. The van der Waals surface area contributed by atoms with Crippen LogP contribution in [-0.4, -0.2) is 30.4 Å². The van der Waals surface area contributed by atoms with Crippen molar-refractivity contribution in [3.8, 4) is 0 Å². The normalized spacial score (nSPS) is 10.6. The quantitative estimate of drug-likeness (QED) is 0.704. The third kappa shape index (κ3) is 3.85. The molecule has 0 aromatic carbocycles. The second kappa shape index (κ2) is 6.07. The highest BCUT2D eigenvalue weighted by Gasteiger charge is 2.00. The highest BCUT2D eigenvalue weighted by Crippen LogP contribution is 2.11. The van der Waals surface area contributed by atoms with Crippen LogP contribution in [0.1, 0.15) is 17.1 Å². The first kappa shape index (κ1) is 10.6. The van der Waals surface area contributed by atoms with Crippen LogP contribution in [-0.2, 0) is 17.6 Å². The summed E-state index contributed by atoms with van der Waals surface area (Å²) in [5.41, 5.74) is 1.000. The van der Waals surface area contributed by atoms with E-state index in [1.165, 1.54) is 0 Å². The Morgan fingerprint density at radius 3 is 3.08 bits per heavy atom. The van der Waals surface area contributed by atoms with Crippen LogP contribution < -0.4 is 0 Å². The summed E-state index contributed by atoms with van der Waals surface area (Å²) in [5, 5.41) is 11.8. The van der Waals surface area contributed by atoms with Crippen molar-refractivity contribution in [1.29, 1.82) is 0 Å². The highest BCUT2D eigenvalue weighted by molar-refractivity contribution is 7.09. The molecule has 0 radical (unpaired) electrons. The summed E-state index contributed by atoms with van der Waals surface area (Å²) in [6, 6.07) is 0. The lowest BCUT2D eigenvalue weighted by atomic mass is 10.3. The van der Waals surface area contributed by atoms with Crippen molar-refractivity contribution in [2.24, 2.45) is 0 Å². The summed E-state index contributed by atoms with van der Waals surface area (Å²) in [4.78, 5) is 4.37. The van der Waals surface area contributed by atoms with Crippen molar-refractivity contribution in [1.82, 2.24) is 4.98 Å². The number of aliphatic hydroxyl groups excluding tert-OH is 1. The maximum absolute atomic E-state index is 8.69. The van der Waals surface area contributed by atoms with Crippen molar-refractivity contribution in [2.75, 3.05) is 20.3 Å². The van der Waals surface area contributed by atoms with Gasteiger partial charge in [-0.3, -0.25) is 0 Å². The molecule has 0 amide bonds. The molecule has 0 spiro atoms. The zero-order valence-electron chi connectivity index (χ0n) is 7.82. The van der Waals surface area contributed by atoms with E-state index >= 15 is 0 Å². The molecule has 0 unspecified atom stereocenters. The zero-order chi connectivity index (χ0) is 9.52. The summed E-state index contributed by atoms with van der Waals surface area (Å²) in [7, 11) is 1.71. The lowest BCUT2D eigenvalue weighted by Crippen LogP contribution is -1.94. The number of rotatable bonds is 6. The van der Waals surface area contributed by atoms with Gasteiger partial charge in [-0.1, -0.05) is 0 Å². The Balaban J connectivity index is 2.31. The van der Waals surface area contributed by atoms with Crippen LogP contribution in [0.3, 0.4) is 0 Å². The van der Waals surface area contributed by atoms with Gasteiger partial charge in [-0.2, -0.15) is 0 Å².